The van der Waals surface area contributed by atoms with Gasteiger partial charge in [0.25, 0.3) is 5.91 Å². The first-order chi connectivity index (χ1) is 20.9. The largest absolute Gasteiger partial charge is 0.378 e. The van der Waals surface area contributed by atoms with Gasteiger partial charge in [0, 0.05) is 51.1 Å². The van der Waals surface area contributed by atoms with Crippen LogP contribution in [0.15, 0.2) is 48.1 Å². The molecular formula is C31H38N8O3S. The Morgan fingerprint density at radius 1 is 1.16 bits per heavy atom. The average Bonchev–Trinajstić information content (AvgIpc) is 3.65. The second-order valence-electron chi connectivity index (χ2n) is 11.1. The summed E-state index contributed by atoms with van der Waals surface area (Å²) >= 11 is 1.62. The van der Waals surface area contributed by atoms with E-state index in [1.165, 1.54) is 0 Å². The van der Waals surface area contributed by atoms with Gasteiger partial charge in [0.05, 0.1) is 34.1 Å². The summed E-state index contributed by atoms with van der Waals surface area (Å²) in [5, 5.41) is 9.67. The number of fused-ring (bicyclic) bond motifs is 1. The van der Waals surface area contributed by atoms with Crippen LogP contribution in [0.1, 0.15) is 37.6 Å². The molecule has 2 saturated heterocycles. The summed E-state index contributed by atoms with van der Waals surface area (Å²) in [6, 6.07) is 9.46. The van der Waals surface area contributed by atoms with E-state index in [2.05, 4.69) is 36.1 Å². The highest BCUT2D eigenvalue weighted by Gasteiger charge is 2.42. The highest BCUT2D eigenvalue weighted by Crippen LogP contribution is 2.33. The smallest absolute Gasteiger partial charge is 0.251 e. The zero-order valence-corrected chi connectivity index (χ0v) is 25.9. The molecule has 6 heterocycles. The van der Waals surface area contributed by atoms with Gasteiger partial charge in [0.2, 0.25) is 5.91 Å². The number of hydrogen-bond donors (Lipinski definition) is 1. The van der Waals surface area contributed by atoms with E-state index < -0.39 is 0 Å². The maximum atomic E-state index is 13.6. The molecule has 43 heavy (non-hydrogen) atoms. The molecule has 2 amide bonds. The molecule has 0 aliphatic carbocycles. The van der Waals surface area contributed by atoms with Crippen molar-refractivity contribution in [2.75, 3.05) is 51.3 Å². The predicted molar refractivity (Wildman–Crippen MR) is 167 cm³/mol. The fourth-order valence-electron chi connectivity index (χ4n) is 5.76. The van der Waals surface area contributed by atoms with Crippen molar-refractivity contribution in [2.24, 2.45) is 0 Å². The SMILES string of the molecule is CCN(CC)C(C)CNC(=O)c1cc(-c2cnn3ccc(-c4cccs4)nc23)nc(N2CCC2C(=O)N2CC(OC)C2)c1. The molecule has 0 bridgehead atoms. The van der Waals surface area contributed by atoms with E-state index >= 15 is 0 Å². The van der Waals surface area contributed by atoms with Gasteiger partial charge in [0.15, 0.2) is 5.65 Å². The Kier molecular flexibility index (Phi) is 8.42. The number of methoxy groups -OCH3 is 1. The molecule has 2 aliphatic heterocycles. The van der Waals surface area contributed by atoms with Crippen molar-refractivity contribution in [3.05, 3.63) is 53.7 Å². The Morgan fingerprint density at radius 3 is 2.65 bits per heavy atom. The fourth-order valence-corrected chi connectivity index (χ4v) is 6.45. The van der Waals surface area contributed by atoms with Crippen LogP contribution in [0.2, 0.25) is 0 Å². The number of nitrogens with one attached hydrogen (secondary N) is 1. The topological polar surface area (TPSA) is 108 Å². The van der Waals surface area contributed by atoms with Crippen LogP contribution in [0.25, 0.3) is 27.5 Å². The van der Waals surface area contributed by atoms with Gasteiger partial charge < -0.3 is 19.9 Å². The molecule has 0 saturated carbocycles. The van der Waals surface area contributed by atoms with Gasteiger partial charge in [0.1, 0.15) is 11.9 Å². The summed E-state index contributed by atoms with van der Waals surface area (Å²) in [6.07, 6.45) is 4.46. The maximum Gasteiger partial charge on any atom is 0.251 e. The lowest BCUT2D eigenvalue weighted by molar-refractivity contribution is -0.145. The van der Waals surface area contributed by atoms with Crippen LogP contribution >= 0.6 is 11.3 Å². The van der Waals surface area contributed by atoms with Crippen LogP contribution in [-0.2, 0) is 9.53 Å². The average molecular weight is 603 g/mol. The van der Waals surface area contributed by atoms with Gasteiger partial charge in [-0.15, -0.1) is 11.3 Å². The van der Waals surface area contributed by atoms with Gasteiger partial charge in [-0.2, -0.15) is 5.10 Å². The molecule has 11 nitrogen and oxygen atoms in total. The van der Waals surface area contributed by atoms with E-state index in [4.69, 9.17) is 14.7 Å². The third-order valence-corrected chi connectivity index (χ3v) is 9.47. The minimum atomic E-state index is -0.313. The highest BCUT2D eigenvalue weighted by molar-refractivity contribution is 7.13. The number of carbonyl (C=O) groups excluding carboxylic acids is 2. The number of ether oxygens (including phenoxy) is 1. The molecule has 12 heteroatoms. The molecule has 2 unspecified atom stereocenters. The number of likely N-dealkylation sites (N-methyl/N-ethyl adjacent to an activating group) is 1. The maximum absolute atomic E-state index is 13.6. The number of thiophene rings is 1. The monoisotopic (exact) mass is 602 g/mol. The number of likely N-dealkylation sites (tertiary alicyclic amines) is 1. The first kappa shape index (κ1) is 29.2. The van der Waals surface area contributed by atoms with E-state index in [0.717, 1.165) is 35.6 Å². The lowest BCUT2D eigenvalue weighted by atomic mass is 9.98. The fraction of sp³-hybridized carbons (Fsp3) is 0.452. The first-order valence-corrected chi connectivity index (χ1v) is 15.8. The standard InChI is InChI=1S/C31H38N8O3S/c1-5-36(6-2)20(3)16-32-30(40)21-14-25(23-17-33-39-12-9-24(35-29(23)39)27-8-7-13-43-27)34-28(15-21)38-11-10-26(38)31(41)37-18-22(19-37)42-4/h7-9,12-15,17,20,22,26H,5-6,10-11,16,18-19H2,1-4H3,(H,32,40). The van der Waals surface area contributed by atoms with Gasteiger partial charge in [-0.1, -0.05) is 19.9 Å². The molecule has 226 valence electrons. The molecule has 2 fully saturated rings. The molecule has 2 aliphatic rings. The van der Waals surface area contributed by atoms with Crippen molar-refractivity contribution in [1.29, 1.82) is 0 Å². The van der Waals surface area contributed by atoms with Crippen LogP contribution < -0.4 is 10.2 Å². The number of hydrogen-bond acceptors (Lipinski definition) is 9. The van der Waals surface area contributed by atoms with Gasteiger partial charge in [-0.3, -0.25) is 14.5 Å². The molecule has 0 radical (unpaired) electrons. The second kappa shape index (κ2) is 12.4. The van der Waals surface area contributed by atoms with Crippen molar-refractivity contribution in [3.63, 3.8) is 0 Å². The molecule has 0 aromatic carbocycles. The number of anilines is 1. The molecule has 2 atom stereocenters. The van der Waals surface area contributed by atoms with E-state index in [-0.39, 0.29) is 30.0 Å². The Hall–Kier alpha value is -3.87. The van der Waals surface area contributed by atoms with Gasteiger partial charge in [-0.25, -0.2) is 14.5 Å². The van der Waals surface area contributed by atoms with E-state index in [1.54, 1.807) is 41.3 Å². The third kappa shape index (κ3) is 5.74. The summed E-state index contributed by atoms with van der Waals surface area (Å²) in [6.45, 7) is 10.6. The van der Waals surface area contributed by atoms with Gasteiger partial charge in [-0.05, 0) is 56.1 Å². The summed E-state index contributed by atoms with van der Waals surface area (Å²) in [4.78, 5) is 44.0. The zero-order chi connectivity index (χ0) is 30.1. The summed E-state index contributed by atoms with van der Waals surface area (Å²) < 4.78 is 7.08. The Morgan fingerprint density at radius 2 is 1.98 bits per heavy atom. The molecular weight excluding hydrogens is 564 g/mol. The minimum absolute atomic E-state index is 0.0732. The van der Waals surface area contributed by atoms with Crippen LogP contribution in [0, 0.1) is 0 Å². The third-order valence-electron chi connectivity index (χ3n) is 8.58. The zero-order valence-electron chi connectivity index (χ0n) is 25.1. The number of nitrogens with zero attached hydrogens (tertiary/aromatic N) is 7. The van der Waals surface area contributed by atoms with Crippen molar-refractivity contribution in [1.82, 2.24) is 34.7 Å². The van der Waals surface area contributed by atoms with Crippen molar-refractivity contribution < 1.29 is 14.3 Å². The Balaban J connectivity index is 1.34. The second-order valence-corrected chi connectivity index (χ2v) is 12.0. The highest BCUT2D eigenvalue weighted by atomic mass is 32.1. The molecule has 4 aromatic rings. The number of pyridine rings is 1. The number of rotatable bonds is 11. The summed E-state index contributed by atoms with van der Waals surface area (Å²) in [5.41, 5.74) is 3.30. The normalized spacial score (nSPS) is 17.7. The summed E-state index contributed by atoms with van der Waals surface area (Å²) in [5.74, 6) is 0.493. The molecule has 4 aromatic heterocycles. The van der Waals surface area contributed by atoms with Gasteiger partial charge >= 0.3 is 0 Å². The molecule has 1 N–H and O–H groups in total. The van der Waals surface area contributed by atoms with Crippen LogP contribution in [0.5, 0.6) is 0 Å². The van der Waals surface area contributed by atoms with E-state index in [0.29, 0.717) is 48.9 Å². The number of amides is 2. The Bertz CT molecular complexity index is 1600. The van der Waals surface area contributed by atoms with Crippen LogP contribution in [0.3, 0.4) is 0 Å². The quantitative estimate of drug-likeness (QED) is 0.278. The Labute approximate surface area is 255 Å². The minimum Gasteiger partial charge on any atom is -0.378 e. The summed E-state index contributed by atoms with van der Waals surface area (Å²) in [7, 11) is 1.67. The van der Waals surface area contributed by atoms with E-state index in [1.807, 2.05) is 39.6 Å². The van der Waals surface area contributed by atoms with Crippen LogP contribution in [0.4, 0.5) is 5.82 Å². The van der Waals surface area contributed by atoms with Crippen molar-refractivity contribution in [2.45, 2.75) is 45.4 Å². The first-order valence-electron chi connectivity index (χ1n) is 14.9. The lowest BCUT2D eigenvalue weighted by Crippen LogP contribution is -2.63. The predicted octanol–water partition coefficient (Wildman–Crippen LogP) is 3.42. The lowest BCUT2D eigenvalue weighted by Gasteiger charge is -2.47. The number of carbonyl (C=O) groups is 2. The van der Waals surface area contributed by atoms with Crippen molar-refractivity contribution >= 4 is 34.6 Å². The molecule has 6 rings (SSSR count). The number of aromatic nitrogens is 4. The van der Waals surface area contributed by atoms with Crippen molar-refractivity contribution in [3.8, 4) is 21.8 Å². The molecule has 0 spiro atoms. The van der Waals surface area contributed by atoms with Crippen LogP contribution in [-0.4, -0.2) is 106 Å². The van der Waals surface area contributed by atoms with E-state index in [9.17, 15) is 9.59 Å².